The van der Waals surface area contributed by atoms with Gasteiger partial charge in [0.25, 0.3) is 0 Å². The minimum Gasteiger partial charge on any atom is -0.497 e. The lowest BCUT2D eigenvalue weighted by Gasteiger charge is -2.16. The van der Waals surface area contributed by atoms with Crippen molar-refractivity contribution in [2.75, 3.05) is 12.4 Å². The number of hydrogen-bond donors (Lipinski definition) is 4. The largest absolute Gasteiger partial charge is 0.497 e. The minimum atomic E-state index is -5.08. The van der Waals surface area contributed by atoms with Gasteiger partial charge in [0.1, 0.15) is 5.75 Å². The number of nitrogens with one attached hydrogen (secondary N) is 2. The fourth-order valence-electron chi connectivity index (χ4n) is 2.38. The third kappa shape index (κ3) is 11.0. The average molecular weight is 502 g/mol. The van der Waals surface area contributed by atoms with Gasteiger partial charge in [0.05, 0.1) is 13.2 Å². The molecule has 1 aromatic carbocycles. The van der Waals surface area contributed by atoms with Crippen LogP contribution in [-0.4, -0.2) is 48.3 Å². The fourth-order valence-corrected chi connectivity index (χ4v) is 3.14. The van der Waals surface area contributed by atoms with E-state index in [1.807, 2.05) is 24.4 Å². The van der Waals surface area contributed by atoms with Crippen LogP contribution < -0.4 is 21.1 Å². The number of halogens is 3. The molecule has 0 bridgehead atoms. The zero-order valence-corrected chi connectivity index (χ0v) is 19.3. The number of ether oxygens (including phenoxy) is 1. The number of carbonyl (C=O) groups excluding carboxylic acids is 2. The highest BCUT2D eigenvalue weighted by Gasteiger charge is 2.38. The number of aliphatic carboxylic acids is 1. The summed E-state index contributed by atoms with van der Waals surface area (Å²) in [5.41, 5.74) is 6.64. The molecule has 2 atom stereocenters. The maximum atomic E-state index is 12.3. The van der Waals surface area contributed by atoms with E-state index < -0.39 is 18.2 Å². The van der Waals surface area contributed by atoms with Gasteiger partial charge in [-0.15, -0.1) is 11.3 Å². The summed E-state index contributed by atoms with van der Waals surface area (Å²) in [7, 11) is 1.59. The number of nitrogens with two attached hydrogens (primary N) is 1. The third-order valence-electron chi connectivity index (χ3n) is 4.19. The van der Waals surface area contributed by atoms with Gasteiger partial charge in [0.15, 0.2) is 0 Å². The van der Waals surface area contributed by atoms with Gasteiger partial charge >= 0.3 is 12.1 Å². The van der Waals surface area contributed by atoms with Gasteiger partial charge in [0.2, 0.25) is 11.8 Å². The first-order chi connectivity index (χ1) is 16.0. The number of anilines is 1. The topological polar surface area (TPSA) is 131 Å². The summed E-state index contributed by atoms with van der Waals surface area (Å²) >= 11 is 1.58. The molecule has 2 aromatic rings. The summed E-state index contributed by atoms with van der Waals surface area (Å²) in [4.78, 5) is 34.3. The van der Waals surface area contributed by atoms with Crippen LogP contribution >= 0.6 is 11.3 Å². The maximum absolute atomic E-state index is 12.3. The van der Waals surface area contributed by atoms with E-state index in [1.54, 1.807) is 48.8 Å². The molecule has 0 unspecified atom stereocenters. The quantitative estimate of drug-likeness (QED) is 0.390. The van der Waals surface area contributed by atoms with Crippen LogP contribution in [0.1, 0.15) is 18.2 Å². The van der Waals surface area contributed by atoms with Crippen LogP contribution in [0.2, 0.25) is 0 Å². The molecule has 5 N–H and O–H groups in total. The summed E-state index contributed by atoms with van der Waals surface area (Å²) < 4.78 is 36.8. The predicted molar refractivity (Wildman–Crippen MR) is 123 cm³/mol. The zero-order chi connectivity index (χ0) is 25.7. The molecule has 186 valence electrons. The molecule has 1 aromatic heterocycles. The van der Waals surface area contributed by atoms with Gasteiger partial charge in [-0.3, -0.25) is 9.59 Å². The first-order valence-electron chi connectivity index (χ1n) is 9.98. The molecule has 0 saturated heterocycles. The van der Waals surface area contributed by atoms with Gasteiger partial charge in [-0.2, -0.15) is 13.2 Å². The Kier molecular flexibility index (Phi) is 11.8. The van der Waals surface area contributed by atoms with E-state index in [-0.39, 0.29) is 17.9 Å². The molecule has 0 spiro atoms. The van der Waals surface area contributed by atoms with Crippen LogP contribution in [0.4, 0.5) is 18.9 Å². The Morgan fingerprint density at radius 3 is 2.29 bits per heavy atom. The van der Waals surface area contributed by atoms with Crippen molar-refractivity contribution in [1.82, 2.24) is 5.32 Å². The van der Waals surface area contributed by atoms with Gasteiger partial charge in [0, 0.05) is 29.1 Å². The predicted octanol–water partition coefficient (Wildman–Crippen LogP) is 3.35. The first kappa shape index (κ1) is 28.7. The van der Waals surface area contributed by atoms with Crippen molar-refractivity contribution in [2.24, 2.45) is 5.73 Å². The van der Waals surface area contributed by atoms with Crippen LogP contribution in [-0.2, 0) is 20.8 Å². The monoisotopic (exact) mass is 501 g/mol. The Labute approximate surface area is 198 Å². The van der Waals surface area contributed by atoms with Gasteiger partial charge < -0.3 is 26.2 Å². The molecule has 0 fully saturated rings. The Hall–Kier alpha value is -3.38. The van der Waals surface area contributed by atoms with E-state index in [2.05, 4.69) is 10.6 Å². The Morgan fingerprint density at radius 1 is 1.21 bits per heavy atom. The van der Waals surface area contributed by atoms with Crippen molar-refractivity contribution in [3.8, 4) is 5.75 Å². The second-order valence-electron chi connectivity index (χ2n) is 6.79. The van der Waals surface area contributed by atoms with Crippen molar-refractivity contribution < 1.29 is 37.4 Å². The van der Waals surface area contributed by atoms with Crippen molar-refractivity contribution in [1.29, 1.82) is 0 Å². The van der Waals surface area contributed by atoms with E-state index in [4.69, 9.17) is 20.4 Å². The number of carboxylic acid groups (broad SMARTS) is 1. The van der Waals surface area contributed by atoms with Crippen LogP contribution in [0.3, 0.4) is 0 Å². The van der Waals surface area contributed by atoms with Crippen LogP contribution in [0.5, 0.6) is 5.75 Å². The van der Waals surface area contributed by atoms with Gasteiger partial charge in [-0.1, -0.05) is 19.1 Å². The fraction of sp³-hybridized carbons (Fsp3) is 0.318. The van der Waals surface area contributed by atoms with Crippen LogP contribution in [0.25, 0.3) is 0 Å². The molecule has 8 nitrogen and oxygen atoms in total. The third-order valence-corrected chi connectivity index (χ3v) is 5.08. The number of alkyl halides is 3. The Morgan fingerprint density at radius 2 is 1.82 bits per heavy atom. The lowest BCUT2D eigenvalue weighted by molar-refractivity contribution is -0.192. The summed E-state index contributed by atoms with van der Waals surface area (Å²) in [5, 5.41) is 14.7. The standard InChI is InChI=1S/C20H25N3O3S.C2HF3O2/c1-3-14(23-20(25)18(21)13-17-5-4-12-27-17)8-11-19(24)22-15-6-9-16(26-2)10-7-15;3-2(4,5)1(6)7/h4-12,14,18H,3,13,21H2,1-2H3,(H,22,24)(H,23,25);(H,6,7)/t14-,18-;/m0./s1. The average Bonchev–Trinajstić information content (AvgIpc) is 3.29. The number of rotatable bonds is 9. The van der Waals surface area contributed by atoms with Crippen LogP contribution in [0.15, 0.2) is 53.9 Å². The van der Waals surface area contributed by atoms with Crippen molar-refractivity contribution >= 4 is 34.8 Å². The van der Waals surface area contributed by atoms with E-state index in [0.717, 1.165) is 10.6 Å². The molecule has 0 aliphatic rings. The number of carboxylic acids is 1. The Bertz CT molecular complexity index is 948. The van der Waals surface area contributed by atoms with Crippen molar-refractivity contribution in [2.45, 2.75) is 38.0 Å². The Balaban J connectivity index is 0.000000718. The zero-order valence-electron chi connectivity index (χ0n) is 18.5. The minimum absolute atomic E-state index is 0.226. The maximum Gasteiger partial charge on any atom is 0.490 e. The number of methoxy groups -OCH3 is 1. The van der Waals surface area contributed by atoms with Crippen molar-refractivity contribution in [3.63, 3.8) is 0 Å². The molecule has 1 heterocycles. The normalized spacial score (nSPS) is 12.8. The summed E-state index contributed by atoms with van der Waals surface area (Å²) in [6, 6.07) is 10.1. The molecule has 0 aliphatic heterocycles. The molecular formula is C22H26F3N3O5S. The highest BCUT2D eigenvalue weighted by molar-refractivity contribution is 7.09. The highest BCUT2D eigenvalue weighted by atomic mass is 32.1. The SMILES string of the molecule is CC[C@@H](C=CC(=O)Nc1ccc(OC)cc1)NC(=O)[C@@H](N)Cc1cccs1.O=C(O)C(F)(F)F. The molecule has 0 radical (unpaired) electrons. The van der Waals surface area contributed by atoms with E-state index in [1.165, 1.54) is 6.08 Å². The number of amides is 2. The van der Waals surface area contributed by atoms with Crippen molar-refractivity contribution in [3.05, 3.63) is 58.8 Å². The molecule has 34 heavy (non-hydrogen) atoms. The van der Waals surface area contributed by atoms with E-state index >= 15 is 0 Å². The molecule has 0 saturated carbocycles. The van der Waals surface area contributed by atoms with E-state index in [0.29, 0.717) is 18.5 Å². The molecule has 2 amide bonds. The first-order valence-corrected chi connectivity index (χ1v) is 10.9. The van der Waals surface area contributed by atoms with E-state index in [9.17, 15) is 22.8 Å². The molecular weight excluding hydrogens is 475 g/mol. The lowest BCUT2D eigenvalue weighted by Crippen LogP contribution is -2.45. The number of carbonyl (C=O) groups is 3. The van der Waals surface area contributed by atoms with Gasteiger partial charge in [-0.05, 0) is 42.1 Å². The smallest absolute Gasteiger partial charge is 0.490 e. The molecule has 12 heteroatoms. The summed E-state index contributed by atoms with van der Waals surface area (Å²) in [5.74, 6) is -2.53. The lowest BCUT2D eigenvalue weighted by atomic mass is 10.1. The number of hydrogen-bond acceptors (Lipinski definition) is 6. The second kappa shape index (κ2) is 14.0. The molecule has 0 aliphatic carbocycles. The molecule has 2 rings (SSSR count). The highest BCUT2D eigenvalue weighted by Crippen LogP contribution is 2.15. The number of thiophene rings is 1. The second-order valence-corrected chi connectivity index (χ2v) is 7.83. The van der Waals surface area contributed by atoms with Gasteiger partial charge in [-0.25, -0.2) is 4.79 Å². The van der Waals surface area contributed by atoms with Crippen LogP contribution in [0, 0.1) is 0 Å². The summed E-state index contributed by atoms with van der Waals surface area (Å²) in [6.07, 6.45) is -0.830. The summed E-state index contributed by atoms with van der Waals surface area (Å²) in [6.45, 7) is 1.93. The number of benzene rings is 1.